The van der Waals surface area contributed by atoms with Crippen molar-refractivity contribution in [3.63, 3.8) is 0 Å². The molecular formula is C17H22N4O3S. The maximum Gasteiger partial charge on any atom is 0.344 e. The minimum absolute atomic E-state index is 0.0431. The Balaban J connectivity index is 1.54. The Morgan fingerprint density at radius 3 is 3.00 bits per heavy atom. The fourth-order valence-corrected chi connectivity index (χ4v) is 3.57. The van der Waals surface area contributed by atoms with Gasteiger partial charge in [-0.05, 0) is 25.3 Å². The number of nitrogens with zero attached hydrogens (tertiary/aromatic N) is 2. The first kappa shape index (κ1) is 17.8. The number of rotatable bonds is 7. The van der Waals surface area contributed by atoms with E-state index in [1.165, 1.54) is 11.8 Å². The monoisotopic (exact) mass is 362 g/mol. The first-order chi connectivity index (χ1) is 12.1. The van der Waals surface area contributed by atoms with Gasteiger partial charge < -0.3 is 10.1 Å². The molecule has 1 saturated heterocycles. The summed E-state index contributed by atoms with van der Waals surface area (Å²) in [4.78, 5) is 24.1. The SMILES string of the molecule is C[C@@H](NC(=O)CSc1n[nH]c(=O)n1C[C@H]1CCCO1)c1ccccc1. The van der Waals surface area contributed by atoms with E-state index in [9.17, 15) is 9.59 Å². The van der Waals surface area contributed by atoms with E-state index >= 15 is 0 Å². The molecule has 1 aromatic heterocycles. The number of aromatic nitrogens is 3. The van der Waals surface area contributed by atoms with Crippen molar-refractivity contribution < 1.29 is 9.53 Å². The summed E-state index contributed by atoms with van der Waals surface area (Å²) in [6.07, 6.45) is 2.00. The zero-order valence-corrected chi connectivity index (χ0v) is 14.9. The van der Waals surface area contributed by atoms with Crippen LogP contribution in [0.4, 0.5) is 0 Å². The molecule has 0 bridgehead atoms. The third kappa shape index (κ3) is 4.73. The van der Waals surface area contributed by atoms with Crippen molar-refractivity contribution in [1.82, 2.24) is 20.1 Å². The minimum Gasteiger partial charge on any atom is -0.376 e. The highest BCUT2D eigenvalue weighted by molar-refractivity contribution is 7.99. The van der Waals surface area contributed by atoms with Crippen molar-refractivity contribution in [3.8, 4) is 0 Å². The Kier molecular flexibility index (Phi) is 5.93. The molecule has 134 valence electrons. The average Bonchev–Trinajstić information content (AvgIpc) is 3.25. The summed E-state index contributed by atoms with van der Waals surface area (Å²) < 4.78 is 7.12. The number of aromatic amines is 1. The van der Waals surface area contributed by atoms with Gasteiger partial charge in [0, 0.05) is 6.61 Å². The first-order valence-corrected chi connectivity index (χ1v) is 9.36. The van der Waals surface area contributed by atoms with Crippen LogP contribution >= 0.6 is 11.8 Å². The van der Waals surface area contributed by atoms with Gasteiger partial charge >= 0.3 is 5.69 Å². The van der Waals surface area contributed by atoms with E-state index in [4.69, 9.17) is 4.74 Å². The third-order valence-corrected chi connectivity index (χ3v) is 5.12. The van der Waals surface area contributed by atoms with Gasteiger partial charge in [0.1, 0.15) is 0 Å². The largest absolute Gasteiger partial charge is 0.376 e. The quantitative estimate of drug-likeness (QED) is 0.732. The van der Waals surface area contributed by atoms with Gasteiger partial charge in [0.25, 0.3) is 0 Å². The highest BCUT2D eigenvalue weighted by atomic mass is 32.2. The van der Waals surface area contributed by atoms with Crippen molar-refractivity contribution in [1.29, 1.82) is 0 Å². The number of carbonyl (C=O) groups is 1. The van der Waals surface area contributed by atoms with Gasteiger partial charge in [0.05, 0.1) is 24.4 Å². The van der Waals surface area contributed by atoms with Crippen molar-refractivity contribution in [2.45, 2.75) is 43.6 Å². The van der Waals surface area contributed by atoms with Crippen molar-refractivity contribution >= 4 is 17.7 Å². The number of hydrogen-bond acceptors (Lipinski definition) is 5. The molecule has 3 rings (SSSR count). The topological polar surface area (TPSA) is 89.0 Å². The maximum atomic E-state index is 12.2. The molecule has 0 spiro atoms. The maximum absolute atomic E-state index is 12.2. The average molecular weight is 362 g/mol. The number of ether oxygens (including phenoxy) is 1. The van der Waals surface area contributed by atoms with Crippen LogP contribution in [0.5, 0.6) is 0 Å². The van der Waals surface area contributed by atoms with Gasteiger partial charge in [0.15, 0.2) is 5.16 Å². The lowest BCUT2D eigenvalue weighted by atomic mass is 10.1. The van der Waals surface area contributed by atoms with Gasteiger partial charge in [-0.2, -0.15) is 0 Å². The second-order valence-electron chi connectivity index (χ2n) is 6.05. The molecule has 1 amide bonds. The van der Waals surface area contributed by atoms with E-state index in [-0.39, 0.29) is 29.5 Å². The van der Waals surface area contributed by atoms with Crippen LogP contribution in [-0.4, -0.2) is 39.1 Å². The van der Waals surface area contributed by atoms with Crippen molar-refractivity contribution in [2.75, 3.05) is 12.4 Å². The van der Waals surface area contributed by atoms with Gasteiger partial charge in [-0.1, -0.05) is 42.1 Å². The summed E-state index contributed by atoms with van der Waals surface area (Å²) in [5.74, 6) is 0.105. The molecule has 2 atom stereocenters. The van der Waals surface area contributed by atoms with Crippen LogP contribution in [0.25, 0.3) is 0 Å². The van der Waals surface area contributed by atoms with Crippen LogP contribution in [0, 0.1) is 0 Å². The van der Waals surface area contributed by atoms with Crippen LogP contribution in [0.2, 0.25) is 0 Å². The Hall–Kier alpha value is -2.06. The molecule has 0 saturated carbocycles. The molecular weight excluding hydrogens is 340 g/mol. The normalized spacial score (nSPS) is 18.2. The molecule has 0 aliphatic carbocycles. The zero-order valence-electron chi connectivity index (χ0n) is 14.1. The van der Waals surface area contributed by atoms with Gasteiger partial charge in [-0.25, -0.2) is 9.89 Å². The molecule has 25 heavy (non-hydrogen) atoms. The van der Waals surface area contributed by atoms with Crippen LogP contribution in [-0.2, 0) is 16.1 Å². The second-order valence-corrected chi connectivity index (χ2v) is 6.99. The highest BCUT2D eigenvalue weighted by Crippen LogP contribution is 2.18. The summed E-state index contributed by atoms with van der Waals surface area (Å²) in [5, 5.41) is 9.94. The summed E-state index contributed by atoms with van der Waals surface area (Å²) >= 11 is 1.25. The third-order valence-electron chi connectivity index (χ3n) is 4.14. The number of hydrogen-bond donors (Lipinski definition) is 2. The van der Waals surface area contributed by atoms with E-state index in [0.29, 0.717) is 11.7 Å². The summed E-state index contributed by atoms with van der Waals surface area (Å²) in [7, 11) is 0. The molecule has 1 fully saturated rings. The number of nitrogens with one attached hydrogen (secondary N) is 2. The van der Waals surface area contributed by atoms with Gasteiger partial charge in [0.2, 0.25) is 5.91 Å². The lowest BCUT2D eigenvalue weighted by Crippen LogP contribution is -2.29. The zero-order chi connectivity index (χ0) is 17.6. The van der Waals surface area contributed by atoms with Crippen LogP contribution in [0.15, 0.2) is 40.3 Å². The van der Waals surface area contributed by atoms with Gasteiger partial charge in [-0.3, -0.25) is 9.36 Å². The molecule has 2 aromatic rings. The predicted molar refractivity (Wildman–Crippen MR) is 95.5 cm³/mol. The fraction of sp³-hybridized carbons (Fsp3) is 0.471. The number of amides is 1. The molecule has 8 heteroatoms. The fourth-order valence-electron chi connectivity index (χ4n) is 2.80. The number of thioether (sulfide) groups is 1. The molecule has 1 aliphatic rings. The molecule has 0 unspecified atom stereocenters. The van der Waals surface area contributed by atoms with Gasteiger partial charge in [-0.15, -0.1) is 5.10 Å². The molecule has 1 aromatic carbocycles. The number of H-pyrrole nitrogens is 1. The molecule has 2 heterocycles. The van der Waals surface area contributed by atoms with E-state index in [1.54, 1.807) is 4.57 Å². The van der Waals surface area contributed by atoms with Crippen LogP contribution in [0.1, 0.15) is 31.4 Å². The lowest BCUT2D eigenvalue weighted by Gasteiger charge is -2.14. The van der Waals surface area contributed by atoms with Crippen molar-refractivity contribution in [3.05, 3.63) is 46.4 Å². The summed E-state index contributed by atoms with van der Waals surface area (Å²) in [6, 6.07) is 9.72. The van der Waals surface area contributed by atoms with E-state index in [1.807, 2.05) is 37.3 Å². The van der Waals surface area contributed by atoms with Crippen LogP contribution < -0.4 is 11.0 Å². The van der Waals surface area contributed by atoms with E-state index < -0.39 is 0 Å². The molecule has 2 N–H and O–H groups in total. The van der Waals surface area contributed by atoms with Crippen molar-refractivity contribution in [2.24, 2.45) is 0 Å². The smallest absolute Gasteiger partial charge is 0.344 e. The highest BCUT2D eigenvalue weighted by Gasteiger charge is 2.20. The Labute approximate surface area is 150 Å². The predicted octanol–water partition coefficient (Wildman–Crippen LogP) is 1.72. The lowest BCUT2D eigenvalue weighted by molar-refractivity contribution is -0.119. The van der Waals surface area contributed by atoms with E-state index in [2.05, 4.69) is 15.5 Å². The molecule has 1 aliphatic heterocycles. The number of carbonyl (C=O) groups excluding carboxylic acids is 1. The Morgan fingerprint density at radius 1 is 1.48 bits per heavy atom. The molecule has 7 nitrogen and oxygen atoms in total. The Bertz CT molecular complexity index is 753. The van der Waals surface area contributed by atoms with E-state index in [0.717, 1.165) is 25.0 Å². The number of benzene rings is 1. The molecule has 0 radical (unpaired) electrons. The van der Waals surface area contributed by atoms with Crippen LogP contribution in [0.3, 0.4) is 0 Å². The summed E-state index contributed by atoms with van der Waals surface area (Å²) in [5.41, 5.74) is 0.784. The first-order valence-electron chi connectivity index (χ1n) is 8.37. The second kappa shape index (κ2) is 8.35. The minimum atomic E-state index is -0.268. The Morgan fingerprint density at radius 2 is 2.28 bits per heavy atom. The summed E-state index contributed by atoms with van der Waals surface area (Å²) in [6.45, 7) is 3.15. The standard InChI is InChI=1S/C17H22N4O3S/c1-12(13-6-3-2-4-7-13)18-15(22)11-25-17-20-19-16(23)21(17)10-14-8-5-9-24-14/h2-4,6-7,12,14H,5,8-11H2,1H3,(H,18,22)(H,19,23)/t12-,14-/m1/s1.